The van der Waals surface area contributed by atoms with Gasteiger partial charge in [0.25, 0.3) is 5.91 Å². The van der Waals surface area contributed by atoms with Crippen LogP contribution in [0.1, 0.15) is 18.4 Å². The van der Waals surface area contributed by atoms with Gasteiger partial charge in [-0.3, -0.25) is 9.69 Å². The quantitative estimate of drug-likeness (QED) is 0.518. The van der Waals surface area contributed by atoms with Crippen molar-refractivity contribution >= 4 is 23.2 Å². The van der Waals surface area contributed by atoms with Gasteiger partial charge in [-0.25, -0.2) is 0 Å². The fraction of sp³-hybridized carbons (Fsp3) is 0.423. The minimum Gasteiger partial charge on any atom is -0.360 e. The number of benzene rings is 1. The Bertz CT molecular complexity index is 1050. The molecule has 1 atom stereocenters. The Kier molecular flexibility index (Phi) is 6.79. The number of nitrogens with zero attached hydrogens (tertiary/aromatic N) is 3. The van der Waals surface area contributed by atoms with Crippen molar-refractivity contribution in [1.29, 1.82) is 0 Å². The van der Waals surface area contributed by atoms with Gasteiger partial charge in [0.1, 0.15) is 6.17 Å². The van der Waals surface area contributed by atoms with Gasteiger partial charge in [0.15, 0.2) is 0 Å². The lowest BCUT2D eigenvalue weighted by atomic mass is 10.1. The molecule has 1 amide bonds. The van der Waals surface area contributed by atoms with Crippen LogP contribution in [0.2, 0.25) is 5.02 Å². The molecular weight excluding hydrogens is 448 g/mol. The van der Waals surface area contributed by atoms with Crippen molar-refractivity contribution in [1.82, 2.24) is 20.0 Å². The van der Waals surface area contributed by atoms with Crippen LogP contribution >= 0.6 is 11.6 Å². The Morgan fingerprint density at radius 1 is 1.12 bits per heavy atom. The van der Waals surface area contributed by atoms with Crippen molar-refractivity contribution in [3.8, 4) is 0 Å². The van der Waals surface area contributed by atoms with E-state index in [1.165, 1.54) is 24.1 Å². The second-order valence-electron chi connectivity index (χ2n) is 9.33. The van der Waals surface area contributed by atoms with Gasteiger partial charge in [-0.1, -0.05) is 35.9 Å². The third kappa shape index (κ3) is 4.79. The van der Waals surface area contributed by atoms with Crippen LogP contribution in [0.25, 0.3) is 5.70 Å². The number of nitrogens with one attached hydrogen (secondary N) is 1. The molecule has 1 saturated carbocycles. The molecule has 5 rings (SSSR count). The smallest absolute Gasteiger partial charge is 0.250 e. The summed E-state index contributed by atoms with van der Waals surface area (Å²) in [5, 5.41) is 4.45. The van der Waals surface area contributed by atoms with Gasteiger partial charge < -0.3 is 26.6 Å². The van der Waals surface area contributed by atoms with Crippen molar-refractivity contribution in [3.63, 3.8) is 0 Å². The van der Waals surface area contributed by atoms with Crippen LogP contribution in [0.15, 0.2) is 65.5 Å². The summed E-state index contributed by atoms with van der Waals surface area (Å²) in [5.74, 6) is 0.709. The number of carbonyl (C=O) groups is 1. The lowest BCUT2D eigenvalue weighted by Crippen LogP contribution is -2.50. The van der Waals surface area contributed by atoms with E-state index in [2.05, 4.69) is 45.6 Å². The molecule has 0 aromatic heterocycles. The van der Waals surface area contributed by atoms with Gasteiger partial charge in [0, 0.05) is 62.6 Å². The first-order chi connectivity index (χ1) is 16.6. The van der Waals surface area contributed by atoms with Crippen molar-refractivity contribution < 1.29 is 4.79 Å². The summed E-state index contributed by atoms with van der Waals surface area (Å²) in [5.41, 5.74) is 16.9. The number of fused-ring (bicyclic) bond motifs is 1. The molecule has 0 spiro atoms. The predicted octanol–water partition coefficient (Wildman–Crippen LogP) is 2.09. The fourth-order valence-electron chi connectivity index (χ4n) is 4.91. The summed E-state index contributed by atoms with van der Waals surface area (Å²) in [4.78, 5) is 19.5. The average molecular weight is 481 g/mol. The van der Waals surface area contributed by atoms with E-state index in [1.54, 1.807) is 6.08 Å². The molecule has 5 N–H and O–H groups in total. The molecule has 34 heavy (non-hydrogen) atoms. The molecule has 1 aliphatic carbocycles. The molecule has 1 aromatic rings. The lowest BCUT2D eigenvalue weighted by Gasteiger charge is -2.37. The molecule has 2 fully saturated rings. The Morgan fingerprint density at radius 2 is 1.85 bits per heavy atom. The zero-order chi connectivity index (χ0) is 23.7. The molecule has 4 aliphatic rings. The molecule has 1 aromatic carbocycles. The summed E-state index contributed by atoms with van der Waals surface area (Å²) in [7, 11) is 0. The zero-order valence-corrected chi connectivity index (χ0v) is 20.2. The SMILES string of the molecule is NC/C=C(\CN)C(=O)N1CCN(CC2=C(c3ccc(Cl)cc3)NC3C=CC(C4CC4)=CN23)CC1. The van der Waals surface area contributed by atoms with Crippen molar-refractivity contribution in [3.05, 3.63) is 76.1 Å². The van der Waals surface area contributed by atoms with E-state index in [0.717, 1.165) is 35.9 Å². The van der Waals surface area contributed by atoms with Crippen LogP contribution in [0.3, 0.4) is 0 Å². The van der Waals surface area contributed by atoms with Gasteiger partial charge in [-0.2, -0.15) is 0 Å². The topological polar surface area (TPSA) is 90.9 Å². The third-order valence-corrected chi connectivity index (χ3v) is 7.28. The van der Waals surface area contributed by atoms with Crippen LogP contribution in [0, 0.1) is 5.92 Å². The van der Waals surface area contributed by atoms with Crippen LogP contribution in [-0.2, 0) is 4.79 Å². The van der Waals surface area contributed by atoms with Crippen LogP contribution in [-0.4, -0.2) is 72.6 Å². The van der Waals surface area contributed by atoms with Crippen LogP contribution in [0.5, 0.6) is 0 Å². The summed E-state index contributed by atoms with van der Waals surface area (Å²) >= 11 is 6.16. The van der Waals surface area contributed by atoms with Crippen LogP contribution in [0.4, 0.5) is 0 Å². The average Bonchev–Trinajstić information content (AvgIpc) is 3.66. The maximum absolute atomic E-state index is 12.8. The van der Waals surface area contributed by atoms with E-state index in [9.17, 15) is 4.79 Å². The number of carbonyl (C=O) groups excluding carboxylic acids is 1. The minimum absolute atomic E-state index is 0.00874. The Balaban J connectivity index is 1.34. The van der Waals surface area contributed by atoms with E-state index >= 15 is 0 Å². The molecule has 3 heterocycles. The minimum atomic E-state index is 0.00874. The summed E-state index contributed by atoms with van der Waals surface area (Å²) in [6.45, 7) is 4.37. The first-order valence-corrected chi connectivity index (χ1v) is 12.5. The molecular formula is C26H33ClN6O. The number of nitrogens with two attached hydrogens (primary N) is 2. The predicted molar refractivity (Wildman–Crippen MR) is 136 cm³/mol. The molecule has 1 unspecified atom stereocenters. The molecule has 3 aliphatic heterocycles. The zero-order valence-electron chi connectivity index (χ0n) is 19.4. The maximum atomic E-state index is 12.8. The summed E-state index contributed by atoms with van der Waals surface area (Å²) in [6.07, 6.45) is 11.3. The first-order valence-electron chi connectivity index (χ1n) is 12.1. The number of hydrogen-bond acceptors (Lipinski definition) is 6. The van der Waals surface area contributed by atoms with Crippen LogP contribution < -0.4 is 16.8 Å². The highest BCUT2D eigenvalue weighted by Gasteiger charge is 2.35. The fourth-order valence-corrected chi connectivity index (χ4v) is 5.04. The number of halogens is 1. The van der Waals surface area contributed by atoms with Gasteiger partial charge in [-0.05, 0) is 48.1 Å². The highest BCUT2D eigenvalue weighted by Crippen LogP contribution is 2.41. The van der Waals surface area contributed by atoms with E-state index in [4.69, 9.17) is 23.1 Å². The van der Waals surface area contributed by atoms with E-state index in [-0.39, 0.29) is 18.6 Å². The van der Waals surface area contributed by atoms with Crippen molar-refractivity contribution in [2.24, 2.45) is 17.4 Å². The van der Waals surface area contributed by atoms with Gasteiger partial charge in [0.05, 0.1) is 11.4 Å². The van der Waals surface area contributed by atoms with E-state index < -0.39 is 0 Å². The van der Waals surface area contributed by atoms with Gasteiger partial charge in [-0.15, -0.1) is 0 Å². The molecule has 1 saturated heterocycles. The largest absolute Gasteiger partial charge is 0.360 e. The Hall–Kier alpha value is -2.58. The molecule has 0 bridgehead atoms. The number of amides is 1. The molecule has 180 valence electrons. The monoisotopic (exact) mass is 480 g/mol. The van der Waals surface area contributed by atoms with Crippen molar-refractivity contribution in [2.75, 3.05) is 45.8 Å². The lowest BCUT2D eigenvalue weighted by molar-refractivity contribution is -0.128. The van der Waals surface area contributed by atoms with Crippen molar-refractivity contribution in [2.45, 2.75) is 19.0 Å². The highest BCUT2D eigenvalue weighted by molar-refractivity contribution is 6.30. The first kappa shape index (κ1) is 23.2. The second-order valence-corrected chi connectivity index (χ2v) is 9.76. The van der Waals surface area contributed by atoms with E-state index in [0.29, 0.717) is 31.1 Å². The van der Waals surface area contributed by atoms with E-state index in [1.807, 2.05) is 17.0 Å². The number of allylic oxidation sites excluding steroid dienone is 2. The number of piperazine rings is 1. The second kappa shape index (κ2) is 9.96. The Labute approximate surface area is 206 Å². The third-order valence-electron chi connectivity index (χ3n) is 7.02. The van der Waals surface area contributed by atoms with Gasteiger partial charge in [0.2, 0.25) is 0 Å². The standard InChI is InChI=1S/C26H33ClN6O/c27-22-6-3-19(4-7-22)25-23(33-16-21(18-1-2-18)5-8-24(33)30-25)17-31-11-13-32(14-12-31)26(34)20(15-29)9-10-28/h3-9,16,18,24,30H,1-2,10-15,17,28-29H2/b20-9+. The number of rotatable bonds is 7. The normalized spacial score (nSPS) is 23.2. The summed E-state index contributed by atoms with van der Waals surface area (Å²) in [6, 6.07) is 8.03. The maximum Gasteiger partial charge on any atom is 0.250 e. The molecule has 7 nitrogen and oxygen atoms in total. The molecule has 0 radical (unpaired) electrons. The number of hydrogen-bond donors (Lipinski definition) is 3. The van der Waals surface area contributed by atoms with Gasteiger partial charge >= 0.3 is 0 Å². The molecule has 8 heteroatoms. The summed E-state index contributed by atoms with van der Waals surface area (Å²) < 4.78 is 0. The highest BCUT2D eigenvalue weighted by atomic mass is 35.5. The Morgan fingerprint density at radius 3 is 2.50 bits per heavy atom.